The lowest BCUT2D eigenvalue weighted by molar-refractivity contribution is -0.132. The normalized spacial score (nSPS) is 17.9. The molecule has 1 atom stereocenters. The van der Waals surface area contributed by atoms with Gasteiger partial charge in [-0.2, -0.15) is 13.2 Å². The fourth-order valence-corrected chi connectivity index (χ4v) is 4.47. The van der Waals surface area contributed by atoms with Crippen molar-refractivity contribution in [3.8, 4) is 5.75 Å². The minimum Gasteiger partial charge on any atom is -0.484 e. The number of carbonyl (C=O) groups is 1. The van der Waals surface area contributed by atoms with Gasteiger partial charge in [0.1, 0.15) is 5.75 Å². The molecular weight excluding hydrogens is 435 g/mol. The maximum Gasteiger partial charge on any atom is 0.415 e. The van der Waals surface area contributed by atoms with Crippen molar-refractivity contribution >= 4 is 15.7 Å². The van der Waals surface area contributed by atoms with E-state index in [4.69, 9.17) is 9.84 Å². The van der Waals surface area contributed by atoms with Gasteiger partial charge in [-0.25, -0.2) is 8.42 Å². The van der Waals surface area contributed by atoms with Crippen LogP contribution >= 0.6 is 0 Å². The van der Waals surface area contributed by atoms with Gasteiger partial charge in [-0.1, -0.05) is 30.9 Å². The number of likely N-dealkylation sites (tertiary alicyclic amines) is 1. The molecule has 0 aromatic heterocycles. The lowest BCUT2D eigenvalue weighted by Crippen LogP contribution is -2.35. The van der Waals surface area contributed by atoms with Crippen LogP contribution in [0, 0.1) is 0 Å². The second kappa shape index (κ2) is 10.1. The van der Waals surface area contributed by atoms with E-state index in [-0.39, 0.29) is 43.5 Å². The quantitative estimate of drug-likeness (QED) is 0.604. The Labute approximate surface area is 179 Å². The summed E-state index contributed by atoms with van der Waals surface area (Å²) in [7, 11) is -3.77. The first-order valence-corrected chi connectivity index (χ1v) is 10.9. The molecule has 1 unspecified atom stereocenters. The molecule has 6 nitrogen and oxygen atoms in total. The minimum absolute atomic E-state index is 0.0157. The molecule has 0 saturated carbocycles. The van der Waals surface area contributed by atoms with Crippen LogP contribution < -0.4 is 4.74 Å². The number of sulfone groups is 1. The van der Waals surface area contributed by atoms with Crippen LogP contribution in [0.5, 0.6) is 5.75 Å². The molecule has 0 bridgehead atoms. The maximum absolute atomic E-state index is 12.7. The van der Waals surface area contributed by atoms with Crippen molar-refractivity contribution in [3.63, 3.8) is 0 Å². The second-order valence-electron chi connectivity index (χ2n) is 7.05. The van der Waals surface area contributed by atoms with Crippen molar-refractivity contribution in [3.05, 3.63) is 65.1 Å². The van der Waals surface area contributed by atoms with Crippen LogP contribution in [0.3, 0.4) is 0 Å². The summed E-state index contributed by atoms with van der Waals surface area (Å²) in [5.41, 5.74) is -0.384. The van der Waals surface area contributed by atoms with Crippen LogP contribution in [0.15, 0.2) is 59.6 Å². The average Bonchev–Trinajstić information content (AvgIpc) is 3.22. The fraction of sp³-hybridized carbons (Fsp3) is 0.381. The predicted octanol–water partition coefficient (Wildman–Crippen LogP) is 3.15. The van der Waals surface area contributed by atoms with E-state index in [2.05, 4.69) is 6.58 Å². The molecule has 1 N–H and O–H groups in total. The number of aliphatic hydroxyl groups is 1. The molecule has 1 fully saturated rings. The highest BCUT2D eigenvalue weighted by molar-refractivity contribution is 7.95. The number of rotatable bonds is 8. The van der Waals surface area contributed by atoms with E-state index in [0.717, 1.165) is 12.2 Å². The molecule has 10 heteroatoms. The highest BCUT2D eigenvalue weighted by atomic mass is 32.2. The average molecular weight is 459 g/mol. The molecule has 2 rings (SSSR count). The minimum atomic E-state index is -4.58. The van der Waals surface area contributed by atoms with Crippen molar-refractivity contribution in [2.24, 2.45) is 0 Å². The predicted molar refractivity (Wildman–Crippen MR) is 110 cm³/mol. The zero-order valence-corrected chi connectivity index (χ0v) is 17.7. The number of benzene rings is 1. The Morgan fingerprint density at radius 1 is 1.32 bits per heavy atom. The molecule has 1 amide bonds. The number of amides is 1. The molecule has 1 aliphatic rings. The number of carbonyl (C=O) groups excluding carboxylic acids is 1. The van der Waals surface area contributed by atoms with Gasteiger partial charge >= 0.3 is 6.18 Å². The van der Waals surface area contributed by atoms with Crippen molar-refractivity contribution in [2.75, 3.05) is 19.7 Å². The third-order valence-electron chi connectivity index (χ3n) is 4.85. The third kappa shape index (κ3) is 6.70. The molecule has 1 aromatic rings. The van der Waals surface area contributed by atoms with Crippen molar-refractivity contribution in [2.45, 2.75) is 31.4 Å². The summed E-state index contributed by atoms with van der Waals surface area (Å²) in [6.07, 6.45) is -1.56. The van der Waals surface area contributed by atoms with Gasteiger partial charge in [0.2, 0.25) is 0 Å². The van der Waals surface area contributed by atoms with E-state index in [1.54, 1.807) is 24.3 Å². The van der Waals surface area contributed by atoms with E-state index in [9.17, 15) is 26.4 Å². The van der Waals surface area contributed by atoms with Gasteiger partial charge in [0.25, 0.3) is 5.91 Å². The lowest BCUT2D eigenvalue weighted by Gasteiger charge is -2.17. The van der Waals surface area contributed by atoms with E-state index < -0.39 is 26.8 Å². The largest absolute Gasteiger partial charge is 0.484 e. The van der Waals surface area contributed by atoms with Crippen LogP contribution in [0.2, 0.25) is 0 Å². The maximum atomic E-state index is 12.7. The Balaban J connectivity index is 1.93. The summed E-state index contributed by atoms with van der Waals surface area (Å²) in [6.45, 7) is 4.04. The Hall–Kier alpha value is -2.59. The van der Waals surface area contributed by atoms with Crippen LogP contribution in [0.1, 0.15) is 18.9 Å². The molecule has 1 heterocycles. The summed E-state index contributed by atoms with van der Waals surface area (Å²) >= 11 is 0. The molecule has 1 saturated heterocycles. The number of hydrogen-bond acceptors (Lipinski definition) is 5. The van der Waals surface area contributed by atoms with E-state index in [0.29, 0.717) is 17.4 Å². The molecule has 0 radical (unpaired) electrons. The Morgan fingerprint density at radius 3 is 2.55 bits per heavy atom. The van der Waals surface area contributed by atoms with Gasteiger partial charge in [0.05, 0.1) is 11.9 Å². The topological polar surface area (TPSA) is 83.9 Å². The number of allylic oxidation sites excluding steroid dienone is 5. The smallest absolute Gasteiger partial charge is 0.415 e. The fourth-order valence-electron chi connectivity index (χ4n) is 2.89. The SMILES string of the molecule is C=C(/C=C\C=C(/C)S(=O)(=O)C1CCN(C(=O)COc2ccc(CO)cc2)C1)C(F)(F)F. The Kier molecular flexibility index (Phi) is 8.08. The van der Waals surface area contributed by atoms with E-state index in [1.165, 1.54) is 11.8 Å². The Morgan fingerprint density at radius 2 is 1.97 bits per heavy atom. The first-order chi connectivity index (χ1) is 14.4. The monoisotopic (exact) mass is 459 g/mol. The van der Waals surface area contributed by atoms with Crippen molar-refractivity contribution in [1.82, 2.24) is 4.90 Å². The molecule has 31 heavy (non-hydrogen) atoms. The van der Waals surface area contributed by atoms with Gasteiger partial charge in [-0.3, -0.25) is 4.79 Å². The van der Waals surface area contributed by atoms with Gasteiger partial charge in [-0.05, 0) is 37.1 Å². The number of hydrogen-bond donors (Lipinski definition) is 1. The van der Waals surface area contributed by atoms with Crippen LogP contribution in [-0.4, -0.2) is 55.5 Å². The van der Waals surface area contributed by atoms with E-state index in [1.807, 2.05) is 0 Å². The number of ether oxygens (including phenoxy) is 1. The summed E-state index contributed by atoms with van der Waals surface area (Å²) in [4.78, 5) is 13.7. The summed E-state index contributed by atoms with van der Waals surface area (Å²) in [5.74, 6) is 0.0758. The molecule has 0 spiro atoms. The summed E-state index contributed by atoms with van der Waals surface area (Å²) in [5, 5.41) is 8.18. The second-order valence-corrected chi connectivity index (χ2v) is 9.45. The van der Waals surface area contributed by atoms with Gasteiger partial charge in [0.15, 0.2) is 16.4 Å². The van der Waals surface area contributed by atoms with Crippen LogP contribution in [0.25, 0.3) is 0 Å². The summed E-state index contributed by atoms with van der Waals surface area (Å²) < 4.78 is 68.1. The number of aliphatic hydroxyl groups excluding tert-OH is 1. The number of halogens is 3. The van der Waals surface area contributed by atoms with Gasteiger partial charge in [-0.15, -0.1) is 0 Å². The number of nitrogens with zero attached hydrogens (tertiary/aromatic N) is 1. The Bertz CT molecular complexity index is 966. The molecule has 1 aliphatic heterocycles. The van der Waals surface area contributed by atoms with Crippen LogP contribution in [-0.2, 0) is 21.2 Å². The first kappa shape index (κ1) is 24.7. The standard InChI is InChI=1S/C21H24F3NO5S/c1-15(21(22,23)24)4-3-5-16(2)31(28,29)19-10-11-25(12-19)20(27)14-30-18-8-6-17(13-26)7-9-18/h3-9,19,26H,1,10-14H2,2H3/b4-3-,16-5+. The molecule has 0 aliphatic carbocycles. The van der Waals surface area contributed by atoms with Gasteiger partial charge < -0.3 is 14.7 Å². The molecule has 1 aromatic carbocycles. The van der Waals surface area contributed by atoms with Crippen molar-refractivity contribution in [1.29, 1.82) is 0 Å². The van der Waals surface area contributed by atoms with Gasteiger partial charge in [0, 0.05) is 23.6 Å². The molecular formula is C21H24F3NO5S. The number of alkyl halides is 3. The lowest BCUT2D eigenvalue weighted by atomic mass is 10.2. The van der Waals surface area contributed by atoms with Crippen LogP contribution in [0.4, 0.5) is 13.2 Å². The van der Waals surface area contributed by atoms with Crippen molar-refractivity contribution < 1.29 is 36.2 Å². The molecule has 170 valence electrons. The third-order valence-corrected chi connectivity index (χ3v) is 7.14. The highest BCUT2D eigenvalue weighted by Gasteiger charge is 2.36. The summed E-state index contributed by atoms with van der Waals surface area (Å²) in [6, 6.07) is 6.55. The zero-order valence-electron chi connectivity index (χ0n) is 16.9. The first-order valence-electron chi connectivity index (χ1n) is 9.40. The van der Waals surface area contributed by atoms with E-state index >= 15 is 0 Å². The zero-order chi connectivity index (χ0) is 23.2. The highest BCUT2D eigenvalue weighted by Crippen LogP contribution is 2.26.